The molecule has 0 aliphatic carbocycles. The van der Waals surface area contributed by atoms with Gasteiger partial charge in [-0.1, -0.05) is 13.8 Å². The maximum atomic E-state index is 11.6. The van der Waals surface area contributed by atoms with Crippen LogP contribution in [-0.2, 0) is 9.59 Å². The van der Waals surface area contributed by atoms with E-state index in [4.69, 9.17) is 0 Å². The number of barbiturate groups is 1. The predicted octanol–water partition coefficient (Wildman–Crippen LogP) is 1.24. The molecule has 1 aromatic rings. The zero-order valence-corrected chi connectivity index (χ0v) is 10.2. The van der Waals surface area contributed by atoms with E-state index >= 15 is 0 Å². The van der Waals surface area contributed by atoms with E-state index in [0.717, 1.165) is 10.6 Å². The summed E-state index contributed by atoms with van der Waals surface area (Å²) in [5.74, 6) is -0.884. The van der Waals surface area contributed by atoms with Crippen LogP contribution < -0.4 is 10.2 Å². The lowest BCUT2D eigenvalue weighted by atomic mass is 10.2. The van der Waals surface area contributed by atoms with Crippen molar-refractivity contribution in [3.8, 4) is 0 Å². The predicted molar refractivity (Wildman–Crippen MR) is 61.8 cm³/mol. The van der Waals surface area contributed by atoms with Gasteiger partial charge in [0.05, 0.1) is 5.69 Å². The van der Waals surface area contributed by atoms with Crippen molar-refractivity contribution in [1.29, 1.82) is 0 Å². The van der Waals surface area contributed by atoms with Crippen LogP contribution >= 0.6 is 11.3 Å². The molecule has 0 bridgehead atoms. The first-order valence-electron chi connectivity index (χ1n) is 5.11. The molecule has 0 radical (unpaired) electrons. The van der Waals surface area contributed by atoms with E-state index in [-0.39, 0.29) is 12.3 Å². The second-order valence-electron chi connectivity index (χ2n) is 3.97. The van der Waals surface area contributed by atoms with Crippen molar-refractivity contribution in [3.63, 3.8) is 0 Å². The molecule has 90 valence electrons. The van der Waals surface area contributed by atoms with Crippen LogP contribution in [0.15, 0.2) is 5.38 Å². The second kappa shape index (κ2) is 4.25. The average Bonchev–Trinajstić information content (AvgIpc) is 2.65. The number of aromatic nitrogens is 1. The number of thiazole rings is 1. The summed E-state index contributed by atoms with van der Waals surface area (Å²) >= 11 is 1.21. The molecule has 0 saturated carbocycles. The molecule has 1 aromatic heterocycles. The molecule has 1 aliphatic rings. The van der Waals surface area contributed by atoms with Crippen LogP contribution in [0.25, 0.3) is 0 Å². The van der Waals surface area contributed by atoms with Gasteiger partial charge in [-0.15, -0.1) is 11.3 Å². The molecule has 0 atom stereocenters. The molecule has 17 heavy (non-hydrogen) atoms. The van der Waals surface area contributed by atoms with Crippen LogP contribution in [0.2, 0.25) is 0 Å². The highest BCUT2D eigenvalue weighted by atomic mass is 32.1. The summed E-state index contributed by atoms with van der Waals surface area (Å²) in [5, 5.41) is 4.20. The second-order valence-corrected chi connectivity index (χ2v) is 4.81. The normalized spacial score (nSPS) is 16.6. The highest BCUT2D eigenvalue weighted by Crippen LogP contribution is 2.26. The van der Waals surface area contributed by atoms with Gasteiger partial charge in [-0.05, 0) is 5.92 Å². The van der Waals surface area contributed by atoms with Crippen LogP contribution in [0.4, 0.5) is 9.93 Å². The van der Waals surface area contributed by atoms with Gasteiger partial charge in [-0.25, -0.2) is 14.7 Å². The fraction of sp³-hybridized carbons (Fsp3) is 0.400. The Kier molecular flexibility index (Phi) is 2.93. The van der Waals surface area contributed by atoms with Gasteiger partial charge in [0.1, 0.15) is 6.42 Å². The summed E-state index contributed by atoms with van der Waals surface area (Å²) in [4.78, 5) is 39.2. The van der Waals surface area contributed by atoms with Gasteiger partial charge < -0.3 is 0 Å². The highest BCUT2D eigenvalue weighted by molar-refractivity contribution is 7.14. The van der Waals surface area contributed by atoms with Crippen LogP contribution in [0.5, 0.6) is 0 Å². The molecule has 0 spiro atoms. The molecule has 0 unspecified atom stereocenters. The molecule has 6 nitrogen and oxygen atoms in total. The first kappa shape index (κ1) is 11.7. The number of anilines is 1. The quantitative estimate of drug-likeness (QED) is 0.804. The molecule has 1 fully saturated rings. The molecule has 1 aliphatic heterocycles. The standard InChI is InChI=1S/C10H11N3O3S/c1-5(2)6-4-17-10(11-6)13-8(15)3-7(14)12-9(13)16/h4-5H,3H2,1-2H3,(H,12,14,16). The Hall–Kier alpha value is -1.76. The summed E-state index contributed by atoms with van der Waals surface area (Å²) in [6, 6.07) is -0.726. The fourth-order valence-electron chi connectivity index (χ4n) is 1.39. The zero-order valence-electron chi connectivity index (χ0n) is 9.39. The first-order chi connectivity index (χ1) is 7.99. The Morgan fingerprint density at radius 1 is 1.41 bits per heavy atom. The molecular formula is C10H11N3O3S. The van der Waals surface area contributed by atoms with Gasteiger partial charge >= 0.3 is 6.03 Å². The van der Waals surface area contributed by atoms with E-state index in [0.29, 0.717) is 5.13 Å². The van der Waals surface area contributed by atoms with E-state index < -0.39 is 17.8 Å². The zero-order chi connectivity index (χ0) is 12.6. The number of nitrogens with one attached hydrogen (secondary N) is 1. The minimum Gasteiger partial charge on any atom is -0.277 e. The maximum absolute atomic E-state index is 11.6. The molecule has 2 heterocycles. The lowest BCUT2D eigenvalue weighted by Gasteiger charge is -2.21. The number of urea groups is 1. The number of nitrogens with zero attached hydrogens (tertiary/aromatic N) is 2. The van der Waals surface area contributed by atoms with Crippen LogP contribution in [-0.4, -0.2) is 22.8 Å². The van der Waals surface area contributed by atoms with Gasteiger partial charge in [0, 0.05) is 5.38 Å². The highest BCUT2D eigenvalue weighted by Gasteiger charge is 2.33. The number of rotatable bonds is 2. The van der Waals surface area contributed by atoms with Gasteiger partial charge in [-0.2, -0.15) is 0 Å². The number of carbonyl (C=O) groups is 3. The Bertz CT molecular complexity index is 475. The van der Waals surface area contributed by atoms with Gasteiger partial charge in [0.2, 0.25) is 16.9 Å². The topological polar surface area (TPSA) is 79.4 Å². The summed E-state index contributed by atoms with van der Waals surface area (Å²) < 4.78 is 0. The van der Waals surface area contributed by atoms with Crippen molar-refractivity contribution in [2.45, 2.75) is 26.2 Å². The number of amides is 4. The summed E-state index contributed by atoms with van der Waals surface area (Å²) in [6.45, 7) is 3.95. The number of imide groups is 2. The molecule has 1 saturated heterocycles. The minimum atomic E-state index is -0.726. The Morgan fingerprint density at radius 3 is 2.65 bits per heavy atom. The Balaban J connectivity index is 2.29. The number of hydrogen-bond donors (Lipinski definition) is 1. The third-order valence-corrected chi connectivity index (χ3v) is 3.15. The lowest BCUT2D eigenvalue weighted by molar-refractivity contribution is -0.128. The third-order valence-electron chi connectivity index (χ3n) is 2.30. The molecular weight excluding hydrogens is 242 g/mol. The number of hydrogen-bond acceptors (Lipinski definition) is 5. The van der Waals surface area contributed by atoms with Crippen LogP contribution in [0, 0.1) is 0 Å². The van der Waals surface area contributed by atoms with Gasteiger partial charge in [-0.3, -0.25) is 14.9 Å². The Morgan fingerprint density at radius 2 is 2.12 bits per heavy atom. The third kappa shape index (κ3) is 2.19. The number of carbonyl (C=O) groups excluding carboxylic acids is 3. The van der Waals surface area contributed by atoms with Crippen molar-refractivity contribution in [3.05, 3.63) is 11.1 Å². The van der Waals surface area contributed by atoms with E-state index in [1.165, 1.54) is 11.3 Å². The summed E-state index contributed by atoms with van der Waals surface area (Å²) in [7, 11) is 0. The summed E-state index contributed by atoms with van der Waals surface area (Å²) in [6.07, 6.45) is -0.317. The average molecular weight is 253 g/mol. The van der Waals surface area contributed by atoms with Crippen molar-refractivity contribution >= 4 is 34.3 Å². The molecule has 4 amide bonds. The van der Waals surface area contributed by atoms with Gasteiger partial charge in [0.15, 0.2) is 0 Å². The fourth-order valence-corrected chi connectivity index (χ4v) is 2.39. The minimum absolute atomic E-state index is 0.226. The van der Waals surface area contributed by atoms with E-state index in [9.17, 15) is 14.4 Å². The van der Waals surface area contributed by atoms with Crippen molar-refractivity contribution in [2.75, 3.05) is 4.90 Å². The smallest absolute Gasteiger partial charge is 0.277 e. The molecule has 7 heteroatoms. The maximum Gasteiger partial charge on any atom is 0.337 e. The molecule has 0 aromatic carbocycles. The van der Waals surface area contributed by atoms with E-state index in [1.807, 2.05) is 13.8 Å². The van der Waals surface area contributed by atoms with Crippen LogP contribution in [0.1, 0.15) is 31.9 Å². The molecule has 2 rings (SSSR count). The van der Waals surface area contributed by atoms with E-state index in [2.05, 4.69) is 10.3 Å². The molecule has 1 N–H and O–H groups in total. The van der Waals surface area contributed by atoms with Crippen molar-refractivity contribution < 1.29 is 14.4 Å². The van der Waals surface area contributed by atoms with E-state index in [1.54, 1.807) is 5.38 Å². The first-order valence-corrected chi connectivity index (χ1v) is 5.99. The largest absolute Gasteiger partial charge is 0.337 e. The van der Waals surface area contributed by atoms with Crippen molar-refractivity contribution in [2.24, 2.45) is 0 Å². The van der Waals surface area contributed by atoms with Crippen LogP contribution in [0.3, 0.4) is 0 Å². The lowest BCUT2D eigenvalue weighted by Crippen LogP contribution is -2.52. The van der Waals surface area contributed by atoms with Gasteiger partial charge in [0.25, 0.3) is 0 Å². The monoisotopic (exact) mass is 253 g/mol. The van der Waals surface area contributed by atoms with Crippen molar-refractivity contribution in [1.82, 2.24) is 10.3 Å². The summed E-state index contributed by atoms with van der Waals surface area (Å²) in [5.41, 5.74) is 0.822. The SMILES string of the molecule is CC(C)c1csc(N2C(=O)CC(=O)NC2=O)n1. The Labute approximate surface area is 102 Å².